The molecule has 6 N–H and O–H groups in total. The smallest absolute Gasteiger partial charge is 0.252 e. The Bertz CT molecular complexity index is 1030. The average Bonchev–Trinajstić information content (AvgIpc) is 3.07. The third kappa shape index (κ3) is 4.29. The summed E-state index contributed by atoms with van der Waals surface area (Å²) >= 11 is 0. The van der Waals surface area contributed by atoms with Gasteiger partial charge in [-0.2, -0.15) is 5.10 Å². The Labute approximate surface area is 168 Å². The molecule has 0 spiro atoms. The molecule has 154 valence electrons. The lowest BCUT2D eigenvalue weighted by molar-refractivity contribution is 0.100. The van der Waals surface area contributed by atoms with E-state index in [9.17, 15) is 9.18 Å². The molecule has 0 saturated heterocycles. The van der Waals surface area contributed by atoms with Crippen LogP contribution in [0.25, 0.3) is 10.9 Å². The molecule has 9 heteroatoms. The second kappa shape index (κ2) is 8.44. The van der Waals surface area contributed by atoms with Gasteiger partial charge in [-0.1, -0.05) is 13.8 Å². The molecular formula is C20H26FN7O. The minimum atomic E-state index is -0.774. The molecule has 0 aliphatic rings. The number of anilines is 3. The maximum absolute atomic E-state index is 14.6. The van der Waals surface area contributed by atoms with Crippen molar-refractivity contribution in [3.63, 3.8) is 0 Å². The summed E-state index contributed by atoms with van der Waals surface area (Å²) in [6.45, 7) is 3.93. The molecule has 29 heavy (non-hydrogen) atoms. The molecule has 0 bridgehead atoms. The Kier molecular flexibility index (Phi) is 5.97. The van der Waals surface area contributed by atoms with Crippen LogP contribution in [0.3, 0.4) is 0 Å². The number of nitrogens with zero attached hydrogens (tertiary/aromatic N) is 3. The maximum Gasteiger partial charge on any atom is 0.252 e. The molecular weight excluding hydrogens is 373 g/mol. The number of halogens is 1. The summed E-state index contributed by atoms with van der Waals surface area (Å²) < 4.78 is 16.3. The monoisotopic (exact) mass is 399 g/mol. The van der Waals surface area contributed by atoms with Gasteiger partial charge in [-0.25, -0.2) is 9.37 Å². The van der Waals surface area contributed by atoms with Crippen LogP contribution in [0.5, 0.6) is 0 Å². The number of carbonyl (C=O) groups excluding carboxylic acids is 1. The fourth-order valence-corrected chi connectivity index (χ4v) is 3.20. The van der Waals surface area contributed by atoms with Gasteiger partial charge in [0, 0.05) is 30.2 Å². The van der Waals surface area contributed by atoms with E-state index in [2.05, 4.69) is 20.7 Å². The molecule has 2 atom stereocenters. The van der Waals surface area contributed by atoms with Crippen molar-refractivity contribution in [1.29, 1.82) is 0 Å². The van der Waals surface area contributed by atoms with E-state index in [1.807, 2.05) is 39.1 Å². The predicted molar refractivity (Wildman–Crippen MR) is 113 cm³/mol. The van der Waals surface area contributed by atoms with Crippen LogP contribution in [0.4, 0.5) is 21.7 Å². The summed E-state index contributed by atoms with van der Waals surface area (Å²) in [6.07, 6.45) is 3.20. The molecule has 0 fully saturated rings. The molecule has 0 saturated carbocycles. The van der Waals surface area contributed by atoms with E-state index in [1.54, 1.807) is 10.9 Å². The first-order chi connectivity index (χ1) is 13.8. The number of aromatic nitrogens is 3. The highest BCUT2D eigenvalue weighted by Gasteiger charge is 2.20. The zero-order chi connectivity index (χ0) is 21.1. The van der Waals surface area contributed by atoms with E-state index in [0.717, 1.165) is 23.4 Å². The first kappa shape index (κ1) is 20.5. The molecule has 0 aliphatic carbocycles. The van der Waals surface area contributed by atoms with Gasteiger partial charge in [0.25, 0.3) is 5.91 Å². The van der Waals surface area contributed by atoms with Crippen LogP contribution in [-0.2, 0) is 7.05 Å². The first-order valence-electron chi connectivity index (χ1n) is 9.55. The number of rotatable bonds is 8. The standard InChI is InChI=1S/C20H26FN7O/c1-4-15(22)16(5-2)26-20-14(21)9-13(18(23)29)19(27-20)25-12-7-6-11-10-24-28(3)17(11)8-12/h6-10,15-16H,4-5,22H2,1-3H3,(H2,23,29)(H2,25,26,27)/t15-,16+/m0/s1. The molecule has 1 aromatic carbocycles. The number of hydrogen-bond acceptors (Lipinski definition) is 6. The predicted octanol–water partition coefficient (Wildman–Crippen LogP) is 2.88. The van der Waals surface area contributed by atoms with Crippen LogP contribution >= 0.6 is 0 Å². The number of nitrogens with two attached hydrogens (primary N) is 2. The van der Waals surface area contributed by atoms with Crippen molar-refractivity contribution in [2.24, 2.45) is 18.5 Å². The van der Waals surface area contributed by atoms with E-state index in [4.69, 9.17) is 11.5 Å². The van der Waals surface area contributed by atoms with Gasteiger partial charge in [0.05, 0.1) is 17.3 Å². The quantitative estimate of drug-likeness (QED) is 0.462. The number of nitrogens with one attached hydrogen (secondary N) is 2. The van der Waals surface area contributed by atoms with Crippen LogP contribution in [0.2, 0.25) is 0 Å². The zero-order valence-corrected chi connectivity index (χ0v) is 16.7. The maximum atomic E-state index is 14.6. The summed E-state index contributed by atoms with van der Waals surface area (Å²) in [6, 6.07) is 6.38. The zero-order valence-electron chi connectivity index (χ0n) is 16.7. The molecule has 0 radical (unpaired) electrons. The van der Waals surface area contributed by atoms with Crippen molar-refractivity contribution in [2.75, 3.05) is 10.6 Å². The molecule has 2 aromatic heterocycles. The number of aryl methyl sites for hydroxylation is 1. The van der Waals surface area contributed by atoms with E-state index < -0.39 is 11.7 Å². The highest BCUT2D eigenvalue weighted by Crippen LogP contribution is 2.26. The Morgan fingerprint density at radius 3 is 2.66 bits per heavy atom. The topological polar surface area (TPSA) is 124 Å². The van der Waals surface area contributed by atoms with Crippen molar-refractivity contribution in [2.45, 2.75) is 38.8 Å². The van der Waals surface area contributed by atoms with E-state index >= 15 is 0 Å². The number of carbonyl (C=O) groups is 1. The highest BCUT2D eigenvalue weighted by molar-refractivity contribution is 5.99. The lowest BCUT2D eigenvalue weighted by Gasteiger charge is -2.24. The summed E-state index contributed by atoms with van der Waals surface area (Å²) in [4.78, 5) is 16.2. The number of primary amides is 1. The van der Waals surface area contributed by atoms with Crippen LogP contribution < -0.4 is 22.1 Å². The molecule has 2 heterocycles. The minimum Gasteiger partial charge on any atom is -0.365 e. The molecule has 0 aliphatic heterocycles. The lowest BCUT2D eigenvalue weighted by Crippen LogP contribution is -2.39. The SMILES string of the molecule is CC[C@H](N)[C@@H](CC)Nc1nc(Nc2ccc3cnn(C)c3c2)c(C(N)=O)cc1F. The van der Waals surface area contributed by atoms with E-state index in [1.165, 1.54) is 0 Å². The molecule has 1 amide bonds. The van der Waals surface area contributed by atoms with Gasteiger partial charge < -0.3 is 22.1 Å². The van der Waals surface area contributed by atoms with Gasteiger partial charge in [-0.05, 0) is 37.1 Å². The fourth-order valence-electron chi connectivity index (χ4n) is 3.20. The third-order valence-electron chi connectivity index (χ3n) is 5.00. The van der Waals surface area contributed by atoms with Gasteiger partial charge in [-0.15, -0.1) is 0 Å². The Hall–Kier alpha value is -3.20. The first-order valence-corrected chi connectivity index (χ1v) is 9.55. The van der Waals surface area contributed by atoms with Gasteiger partial charge in [0.15, 0.2) is 11.6 Å². The van der Waals surface area contributed by atoms with Crippen LogP contribution in [0, 0.1) is 5.82 Å². The van der Waals surface area contributed by atoms with Crippen molar-refractivity contribution < 1.29 is 9.18 Å². The second-order valence-corrected chi connectivity index (χ2v) is 6.98. The van der Waals surface area contributed by atoms with Crippen molar-refractivity contribution in [3.8, 4) is 0 Å². The van der Waals surface area contributed by atoms with Gasteiger partial charge in [0.1, 0.15) is 5.82 Å². The van der Waals surface area contributed by atoms with Crippen molar-refractivity contribution >= 4 is 34.1 Å². The Morgan fingerprint density at radius 2 is 2.00 bits per heavy atom. The Balaban J connectivity index is 1.98. The van der Waals surface area contributed by atoms with E-state index in [-0.39, 0.29) is 29.3 Å². The van der Waals surface area contributed by atoms with Gasteiger partial charge >= 0.3 is 0 Å². The minimum absolute atomic E-state index is 0.0230. The summed E-state index contributed by atoms with van der Waals surface area (Å²) in [5.74, 6) is -1.24. The Morgan fingerprint density at radius 1 is 1.24 bits per heavy atom. The summed E-state index contributed by atoms with van der Waals surface area (Å²) in [5.41, 5.74) is 13.1. The molecule has 8 nitrogen and oxygen atoms in total. The fraction of sp³-hybridized carbons (Fsp3) is 0.350. The summed E-state index contributed by atoms with van der Waals surface area (Å²) in [5, 5.41) is 11.3. The molecule has 0 unspecified atom stereocenters. The van der Waals surface area contributed by atoms with Crippen LogP contribution in [-0.4, -0.2) is 32.8 Å². The molecule has 3 aromatic rings. The number of amides is 1. The molecule has 3 rings (SSSR count). The highest BCUT2D eigenvalue weighted by atomic mass is 19.1. The third-order valence-corrected chi connectivity index (χ3v) is 5.00. The van der Waals surface area contributed by atoms with Crippen molar-refractivity contribution in [1.82, 2.24) is 14.8 Å². The number of hydrogen-bond donors (Lipinski definition) is 4. The number of pyridine rings is 1. The largest absolute Gasteiger partial charge is 0.365 e. The van der Waals surface area contributed by atoms with Gasteiger partial charge in [-0.3, -0.25) is 9.48 Å². The van der Waals surface area contributed by atoms with E-state index in [0.29, 0.717) is 12.1 Å². The van der Waals surface area contributed by atoms with Gasteiger partial charge in [0.2, 0.25) is 0 Å². The number of benzene rings is 1. The lowest BCUT2D eigenvalue weighted by atomic mass is 10.0. The van der Waals surface area contributed by atoms with Crippen LogP contribution in [0.15, 0.2) is 30.5 Å². The van der Waals surface area contributed by atoms with Crippen molar-refractivity contribution in [3.05, 3.63) is 41.8 Å². The van der Waals surface area contributed by atoms with Crippen LogP contribution in [0.1, 0.15) is 37.0 Å². The average molecular weight is 399 g/mol. The number of fused-ring (bicyclic) bond motifs is 1. The normalized spacial score (nSPS) is 13.3. The second-order valence-electron chi connectivity index (χ2n) is 6.98. The summed E-state index contributed by atoms with van der Waals surface area (Å²) in [7, 11) is 1.83.